The smallest absolute Gasteiger partial charge is 0.0624 e. The first-order chi connectivity index (χ1) is 4.83. The summed E-state index contributed by atoms with van der Waals surface area (Å²) in [5.41, 5.74) is 1.16. The molecule has 0 N–H and O–H groups in total. The number of rotatable bonds is 3. The molecular formula is C7H12N2S. The molecular weight excluding hydrogens is 144 g/mol. The van der Waals surface area contributed by atoms with E-state index in [2.05, 4.69) is 17.7 Å². The molecule has 0 bridgehead atoms. The van der Waals surface area contributed by atoms with Crippen molar-refractivity contribution in [1.82, 2.24) is 9.78 Å². The number of nitrogens with zero attached hydrogens (tertiary/aromatic N) is 2. The van der Waals surface area contributed by atoms with E-state index in [1.165, 1.54) is 0 Å². The van der Waals surface area contributed by atoms with Crippen molar-refractivity contribution in [2.45, 2.75) is 12.8 Å². The molecule has 0 aliphatic heterocycles. The van der Waals surface area contributed by atoms with Crippen LogP contribution in [0.1, 0.15) is 12.1 Å². The minimum atomic E-state index is 0.941. The standard InChI is InChI=1S/C7H12N2S/c1-9-5-4-7(8-9)3-2-6-10/h4-5,10H,2-3,6H2,1H3. The first-order valence-corrected chi connectivity index (χ1v) is 4.05. The summed E-state index contributed by atoms with van der Waals surface area (Å²) in [5.74, 6) is 0.941. The van der Waals surface area contributed by atoms with Gasteiger partial charge in [0, 0.05) is 13.2 Å². The molecule has 56 valence electrons. The molecule has 0 fully saturated rings. The molecule has 10 heavy (non-hydrogen) atoms. The Balaban J connectivity index is 2.42. The summed E-state index contributed by atoms with van der Waals surface area (Å²) < 4.78 is 1.83. The van der Waals surface area contributed by atoms with Crippen LogP contribution in [0.4, 0.5) is 0 Å². The summed E-state index contributed by atoms with van der Waals surface area (Å²) in [7, 11) is 1.93. The van der Waals surface area contributed by atoms with Gasteiger partial charge < -0.3 is 0 Å². The summed E-state index contributed by atoms with van der Waals surface area (Å²) in [6.07, 6.45) is 4.12. The Hall–Kier alpha value is -0.440. The SMILES string of the molecule is Cn1ccc(CCCS)n1. The summed E-state index contributed by atoms with van der Waals surface area (Å²) in [4.78, 5) is 0. The Morgan fingerprint density at radius 3 is 3.00 bits per heavy atom. The number of aryl methyl sites for hydroxylation is 2. The Morgan fingerprint density at radius 2 is 2.50 bits per heavy atom. The Morgan fingerprint density at radius 1 is 1.70 bits per heavy atom. The van der Waals surface area contributed by atoms with Gasteiger partial charge in [-0.25, -0.2) is 0 Å². The summed E-state index contributed by atoms with van der Waals surface area (Å²) in [6, 6.07) is 2.05. The second-order valence-electron chi connectivity index (χ2n) is 2.31. The lowest BCUT2D eigenvalue weighted by atomic mass is 10.3. The average Bonchev–Trinajstić information content (AvgIpc) is 2.31. The minimum absolute atomic E-state index is 0.941. The van der Waals surface area contributed by atoms with E-state index in [-0.39, 0.29) is 0 Å². The van der Waals surface area contributed by atoms with Crippen LogP contribution in [0.2, 0.25) is 0 Å². The van der Waals surface area contributed by atoms with E-state index < -0.39 is 0 Å². The van der Waals surface area contributed by atoms with Crippen LogP contribution in [0, 0.1) is 0 Å². The zero-order valence-corrected chi connectivity index (χ0v) is 7.01. The molecule has 0 saturated carbocycles. The maximum Gasteiger partial charge on any atom is 0.0624 e. The van der Waals surface area contributed by atoms with E-state index >= 15 is 0 Å². The van der Waals surface area contributed by atoms with E-state index in [1.54, 1.807) is 0 Å². The molecule has 0 unspecified atom stereocenters. The molecule has 0 aliphatic rings. The van der Waals surface area contributed by atoms with Crippen molar-refractivity contribution < 1.29 is 0 Å². The van der Waals surface area contributed by atoms with Gasteiger partial charge in [0.05, 0.1) is 5.69 Å². The van der Waals surface area contributed by atoms with Crippen molar-refractivity contribution in [2.24, 2.45) is 7.05 Å². The van der Waals surface area contributed by atoms with Crippen LogP contribution in [0.3, 0.4) is 0 Å². The zero-order valence-electron chi connectivity index (χ0n) is 6.12. The highest BCUT2D eigenvalue weighted by Crippen LogP contribution is 1.98. The second-order valence-corrected chi connectivity index (χ2v) is 2.76. The van der Waals surface area contributed by atoms with Crippen LogP contribution in [-0.2, 0) is 13.5 Å². The number of hydrogen-bond donors (Lipinski definition) is 1. The molecule has 2 nitrogen and oxygen atoms in total. The lowest BCUT2D eigenvalue weighted by molar-refractivity contribution is 0.734. The minimum Gasteiger partial charge on any atom is -0.276 e. The molecule has 0 amide bonds. The van der Waals surface area contributed by atoms with Gasteiger partial charge in [-0.2, -0.15) is 17.7 Å². The molecule has 0 saturated heterocycles. The predicted octanol–water partition coefficient (Wildman–Crippen LogP) is 1.28. The van der Waals surface area contributed by atoms with Crippen LogP contribution in [0.5, 0.6) is 0 Å². The molecule has 1 heterocycles. The van der Waals surface area contributed by atoms with Gasteiger partial charge >= 0.3 is 0 Å². The van der Waals surface area contributed by atoms with Crippen molar-refractivity contribution in [3.05, 3.63) is 18.0 Å². The molecule has 0 aromatic carbocycles. The highest BCUT2D eigenvalue weighted by Gasteiger charge is 1.93. The van der Waals surface area contributed by atoms with Gasteiger partial charge in [0.15, 0.2) is 0 Å². The second kappa shape index (κ2) is 3.66. The summed E-state index contributed by atoms with van der Waals surface area (Å²) in [6.45, 7) is 0. The van der Waals surface area contributed by atoms with Gasteiger partial charge in [0.2, 0.25) is 0 Å². The first-order valence-electron chi connectivity index (χ1n) is 3.42. The quantitative estimate of drug-likeness (QED) is 0.653. The molecule has 1 aromatic heterocycles. The fraction of sp³-hybridized carbons (Fsp3) is 0.571. The Labute approximate surface area is 66.7 Å². The third kappa shape index (κ3) is 2.06. The van der Waals surface area contributed by atoms with E-state index in [0.717, 1.165) is 24.3 Å². The fourth-order valence-electron chi connectivity index (χ4n) is 0.857. The van der Waals surface area contributed by atoms with Gasteiger partial charge in [-0.05, 0) is 24.7 Å². The van der Waals surface area contributed by atoms with Crippen LogP contribution in [0.15, 0.2) is 12.3 Å². The predicted molar refractivity (Wildman–Crippen MR) is 45.4 cm³/mol. The average molecular weight is 156 g/mol. The summed E-state index contributed by atoms with van der Waals surface area (Å²) in [5, 5.41) is 4.23. The third-order valence-electron chi connectivity index (χ3n) is 1.36. The monoisotopic (exact) mass is 156 g/mol. The largest absolute Gasteiger partial charge is 0.276 e. The van der Waals surface area contributed by atoms with Crippen molar-refractivity contribution >= 4 is 12.6 Å². The summed E-state index contributed by atoms with van der Waals surface area (Å²) >= 11 is 4.12. The van der Waals surface area contributed by atoms with E-state index in [1.807, 2.05) is 24.0 Å². The van der Waals surface area contributed by atoms with Crippen molar-refractivity contribution in [3.63, 3.8) is 0 Å². The lowest BCUT2D eigenvalue weighted by Gasteiger charge is -1.90. The highest BCUT2D eigenvalue weighted by molar-refractivity contribution is 7.80. The van der Waals surface area contributed by atoms with Gasteiger partial charge in [0.1, 0.15) is 0 Å². The maximum absolute atomic E-state index is 4.23. The molecule has 0 radical (unpaired) electrons. The number of thiol groups is 1. The molecule has 1 aromatic rings. The van der Waals surface area contributed by atoms with Crippen LogP contribution >= 0.6 is 12.6 Å². The number of aromatic nitrogens is 2. The Bertz CT molecular complexity index is 195. The zero-order chi connectivity index (χ0) is 7.40. The normalized spacial score (nSPS) is 10.2. The molecule has 0 spiro atoms. The van der Waals surface area contributed by atoms with Crippen molar-refractivity contribution in [2.75, 3.05) is 5.75 Å². The molecule has 1 rings (SSSR count). The lowest BCUT2D eigenvalue weighted by Crippen LogP contribution is -1.91. The van der Waals surface area contributed by atoms with Crippen molar-refractivity contribution in [1.29, 1.82) is 0 Å². The van der Waals surface area contributed by atoms with Crippen LogP contribution in [0.25, 0.3) is 0 Å². The third-order valence-corrected chi connectivity index (χ3v) is 1.68. The molecule has 0 aliphatic carbocycles. The topological polar surface area (TPSA) is 17.8 Å². The van der Waals surface area contributed by atoms with Gasteiger partial charge in [-0.1, -0.05) is 0 Å². The van der Waals surface area contributed by atoms with Crippen LogP contribution < -0.4 is 0 Å². The first kappa shape index (κ1) is 7.66. The van der Waals surface area contributed by atoms with Crippen LogP contribution in [-0.4, -0.2) is 15.5 Å². The van der Waals surface area contributed by atoms with E-state index in [0.29, 0.717) is 0 Å². The fourth-order valence-corrected chi connectivity index (χ4v) is 1.01. The maximum atomic E-state index is 4.23. The van der Waals surface area contributed by atoms with Gasteiger partial charge in [-0.3, -0.25) is 4.68 Å². The van der Waals surface area contributed by atoms with Gasteiger partial charge in [0.25, 0.3) is 0 Å². The highest BCUT2D eigenvalue weighted by atomic mass is 32.1. The van der Waals surface area contributed by atoms with E-state index in [9.17, 15) is 0 Å². The molecule has 0 atom stereocenters. The molecule has 3 heteroatoms. The Kier molecular flexibility index (Phi) is 2.81. The van der Waals surface area contributed by atoms with Gasteiger partial charge in [-0.15, -0.1) is 0 Å². The number of hydrogen-bond acceptors (Lipinski definition) is 2. The van der Waals surface area contributed by atoms with Crippen molar-refractivity contribution in [3.8, 4) is 0 Å². The van der Waals surface area contributed by atoms with E-state index in [4.69, 9.17) is 0 Å².